The van der Waals surface area contributed by atoms with E-state index in [2.05, 4.69) is 25.8 Å². The number of hydrogen-bond acceptors (Lipinski definition) is 2. The van der Waals surface area contributed by atoms with Crippen LogP contribution in [0.15, 0.2) is 5.38 Å². The van der Waals surface area contributed by atoms with E-state index in [1.807, 2.05) is 12.3 Å². The van der Waals surface area contributed by atoms with Crippen LogP contribution in [-0.4, -0.2) is 11.7 Å². The average molecular weight is 215 g/mol. The number of aryl methyl sites for hydroxylation is 1. The molecule has 1 nitrogen and oxygen atoms in total. The van der Waals surface area contributed by atoms with Crippen LogP contribution in [-0.2, 0) is 6.42 Å². The molecule has 0 radical (unpaired) electrons. The number of thiazole rings is 1. The molecule has 1 heterocycles. The van der Waals surface area contributed by atoms with Gasteiger partial charge in [-0.15, -0.1) is 11.3 Å². The minimum Gasteiger partial charge on any atom is -0.251 e. The lowest BCUT2D eigenvalue weighted by molar-refractivity contribution is 0.190. The summed E-state index contributed by atoms with van der Waals surface area (Å²) in [6.07, 6.45) is 0.762. The van der Waals surface area contributed by atoms with Gasteiger partial charge in [-0.05, 0) is 18.3 Å². The number of hydrogen-bond donors (Lipinski definition) is 0. The van der Waals surface area contributed by atoms with E-state index in [1.54, 1.807) is 11.3 Å². The summed E-state index contributed by atoms with van der Waals surface area (Å²) in [5.74, 6) is 0.0769. The number of nitrogens with zero attached hydrogens (tertiary/aromatic N) is 1. The molecule has 0 amide bonds. The fraction of sp³-hybridized carbons (Fsp3) is 0.727. The first-order valence-corrected chi connectivity index (χ1v) is 5.78. The second-order valence-electron chi connectivity index (χ2n) is 4.80. The lowest BCUT2D eigenvalue weighted by Crippen LogP contribution is -2.24. The van der Waals surface area contributed by atoms with Crippen molar-refractivity contribution in [3.63, 3.8) is 0 Å². The summed E-state index contributed by atoms with van der Waals surface area (Å²) in [5.41, 5.74) is 1.06. The Bertz CT molecular complexity index is 288. The van der Waals surface area contributed by atoms with Gasteiger partial charge in [-0.2, -0.15) is 0 Å². The molecule has 1 aromatic rings. The lowest BCUT2D eigenvalue weighted by Gasteiger charge is -2.27. The highest BCUT2D eigenvalue weighted by molar-refractivity contribution is 7.09. The average Bonchev–Trinajstić information content (AvgIpc) is 2.45. The minimum atomic E-state index is -0.262. The number of rotatable bonds is 3. The summed E-state index contributed by atoms with van der Waals surface area (Å²) in [7, 11) is 0. The molecule has 0 bridgehead atoms. The van der Waals surface area contributed by atoms with Gasteiger partial charge in [0.05, 0.1) is 11.7 Å². The summed E-state index contributed by atoms with van der Waals surface area (Å²) in [4.78, 5) is 4.36. The Morgan fingerprint density at radius 2 is 2.14 bits per heavy atom. The van der Waals surface area contributed by atoms with Crippen molar-refractivity contribution >= 4 is 11.3 Å². The second kappa shape index (κ2) is 4.39. The molecule has 80 valence electrons. The Balaban J connectivity index is 2.66. The van der Waals surface area contributed by atoms with Gasteiger partial charge in [0, 0.05) is 17.5 Å². The van der Waals surface area contributed by atoms with Crippen LogP contribution in [0.2, 0.25) is 0 Å². The van der Waals surface area contributed by atoms with E-state index < -0.39 is 0 Å². The largest absolute Gasteiger partial charge is 0.251 e. The molecule has 1 unspecified atom stereocenters. The molecule has 0 fully saturated rings. The highest BCUT2D eigenvalue weighted by Gasteiger charge is 2.25. The zero-order chi connectivity index (χ0) is 10.8. The molecule has 3 heteroatoms. The Hall–Kier alpha value is -0.440. The molecule has 0 aliphatic rings. The monoisotopic (exact) mass is 215 g/mol. The van der Waals surface area contributed by atoms with Crippen LogP contribution >= 0.6 is 11.3 Å². The topological polar surface area (TPSA) is 12.9 Å². The van der Waals surface area contributed by atoms with E-state index >= 15 is 0 Å². The smallest absolute Gasteiger partial charge is 0.0932 e. The van der Waals surface area contributed by atoms with Gasteiger partial charge in [-0.25, -0.2) is 4.98 Å². The van der Waals surface area contributed by atoms with E-state index in [0.29, 0.717) is 0 Å². The van der Waals surface area contributed by atoms with Gasteiger partial charge in [0.25, 0.3) is 0 Å². The van der Waals surface area contributed by atoms with Crippen molar-refractivity contribution in [2.75, 3.05) is 6.67 Å². The van der Waals surface area contributed by atoms with E-state index in [0.717, 1.165) is 17.1 Å². The summed E-state index contributed by atoms with van der Waals surface area (Å²) in [6.45, 7) is 7.96. The third-order valence-electron chi connectivity index (χ3n) is 2.50. The molecular formula is C11H18FNS. The molecule has 1 rings (SSSR count). The van der Waals surface area contributed by atoms with Crippen LogP contribution in [0.5, 0.6) is 0 Å². The maximum atomic E-state index is 12.8. The summed E-state index contributed by atoms with van der Waals surface area (Å²) < 4.78 is 12.8. The molecule has 0 N–H and O–H groups in total. The van der Waals surface area contributed by atoms with Crippen LogP contribution < -0.4 is 0 Å². The van der Waals surface area contributed by atoms with Gasteiger partial charge in [-0.3, -0.25) is 4.39 Å². The molecular weight excluding hydrogens is 197 g/mol. The summed E-state index contributed by atoms with van der Waals surface area (Å²) in [5, 5.41) is 3.08. The van der Waals surface area contributed by atoms with Crippen molar-refractivity contribution < 1.29 is 4.39 Å². The van der Waals surface area contributed by atoms with Crippen molar-refractivity contribution in [2.24, 2.45) is 11.3 Å². The number of aromatic nitrogens is 1. The molecule has 0 spiro atoms. The van der Waals surface area contributed by atoms with Gasteiger partial charge in [-0.1, -0.05) is 20.8 Å². The third-order valence-corrected chi connectivity index (χ3v) is 3.49. The van der Waals surface area contributed by atoms with Crippen LogP contribution in [0.3, 0.4) is 0 Å². The Labute approximate surface area is 89.4 Å². The van der Waals surface area contributed by atoms with Gasteiger partial charge < -0.3 is 0 Å². The van der Waals surface area contributed by atoms with Crippen molar-refractivity contribution in [2.45, 2.75) is 34.1 Å². The van der Waals surface area contributed by atoms with E-state index in [-0.39, 0.29) is 18.0 Å². The van der Waals surface area contributed by atoms with Crippen molar-refractivity contribution in [3.8, 4) is 0 Å². The maximum Gasteiger partial charge on any atom is 0.0932 e. The summed E-state index contributed by atoms with van der Waals surface area (Å²) in [6, 6.07) is 0. The van der Waals surface area contributed by atoms with Crippen LogP contribution in [0.4, 0.5) is 4.39 Å². The van der Waals surface area contributed by atoms with E-state index in [1.165, 1.54) is 0 Å². The van der Waals surface area contributed by atoms with Crippen molar-refractivity contribution in [3.05, 3.63) is 16.1 Å². The predicted molar refractivity (Wildman–Crippen MR) is 59.5 cm³/mol. The number of alkyl halides is 1. The zero-order valence-electron chi connectivity index (χ0n) is 9.30. The molecule has 0 saturated heterocycles. The molecule has 14 heavy (non-hydrogen) atoms. The third kappa shape index (κ3) is 3.05. The highest BCUT2D eigenvalue weighted by Crippen LogP contribution is 2.30. The Morgan fingerprint density at radius 1 is 1.50 bits per heavy atom. The van der Waals surface area contributed by atoms with E-state index in [4.69, 9.17) is 0 Å². The minimum absolute atomic E-state index is 0.0221. The van der Waals surface area contributed by atoms with Crippen LogP contribution in [0.25, 0.3) is 0 Å². The first-order chi connectivity index (χ1) is 6.43. The predicted octanol–water partition coefficient (Wildman–Crippen LogP) is 3.63. The van der Waals surface area contributed by atoms with Crippen LogP contribution in [0, 0.1) is 18.3 Å². The quantitative estimate of drug-likeness (QED) is 0.750. The standard InChI is InChI=1S/C11H18FNS/c1-8-7-14-10(13-8)5-9(6-12)11(2,3)4/h7,9H,5-6H2,1-4H3. The molecule has 0 aliphatic carbocycles. The fourth-order valence-electron chi connectivity index (χ4n) is 1.30. The lowest BCUT2D eigenvalue weighted by atomic mass is 9.80. The molecule has 1 aromatic heterocycles. The first-order valence-electron chi connectivity index (χ1n) is 4.90. The Morgan fingerprint density at radius 3 is 2.50 bits per heavy atom. The maximum absolute atomic E-state index is 12.8. The van der Waals surface area contributed by atoms with Crippen LogP contribution in [0.1, 0.15) is 31.5 Å². The molecule has 0 aliphatic heterocycles. The normalized spacial score (nSPS) is 14.4. The van der Waals surface area contributed by atoms with Crippen molar-refractivity contribution in [1.82, 2.24) is 4.98 Å². The SMILES string of the molecule is Cc1csc(CC(CF)C(C)(C)C)n1. The van der Waals surface area contributed by atoms with Gasteiger partial charge in [0.2, 0.25) is 0 Å². The first kappa shape index (κ1) is 11.6. The van der Waals surface area contributed by atoms with Gasteiger partial charge in [0.1, 0.15) is 0 Å². The molecule has 0 aromatic carbocycles. The van der Waals surface area contributed by atoms with Gasteiger partial charge in [0.15, 0.2) is 0 Å². The van der Waals surface area contributed by atoms with Crippen molar-refractivity contribution in [1.29, 1.82) is 0 Å². The Kier molecular flexibility index (Phi) is 3.65. The van der Waals surface area contributed by atoms with E-state index in [9.17, 15) is 4.39 Å². The molecule has 1 atom stereocenters. The number of halogens is 1. The fourth-order valence-corrected chi connectivity index (χ4v) is 2.15. The van der Waals surface area contributed by atoms with Gasteiger partial charge >= 0.3 is 0 Å². The highest BCUT2D eigenvalue weighted by atomic mass is 32.1. The zero-order valence-corrected chi connectivity index (χ0v) is 10.1. The summed E-state index contributed by atoms with van der Waals surface area (Å²) >= 11 is 1.63. The molecule has 0 saturated carbocycles. The second-order valence-corrected chi connectivity index (χ2v) is 5.75.